The van der Waals surface area contributed by atoms with Gasteiger partial charge in [0.05, 0.1) is 9.82 Å². The summed E-state index contributed by atoms with van der Waals surface area (Å²) in [5.74, 6) is -1.59. The first-order valence-corrected chi connectivity index (χ1v) is 15.4. The van der Waals surface area contributed by atoms with Crippen LogP contribution in [-0.4, -0.2) is 42.4 Å². The molecule has 0 spiro atoms. The van der Waals surface area contributed by atoms with E-state index in [0.29, 0.717) is 11.3 Å². The topological polar surface area (TPSA) is 186 Å². The number of anilines is 1. The van der Waals surface area contributed by atoms with Crippen LogP contribution in [0.25, 0.3) is 0 Å². The summed E-state index contributed by atoms with van der Waals surface area (Å²) in [6.07, 6.45) is -0.904. The lowest BCUT2D eigenvalue weighted by molar-refractivity contribution is -0.384. The van der Waals surface area contributed by atoms with Crippen molar-refractivity contribution in [2.45, 2.75) is 24.0 Å². The lowest BCUT2D eigenvalue weighted by atomic mass is 10.1. The second kappa shape index (κ2) is 15.4. The maximum atomic E-state index is 13.2. The van der Waals surface area contributed by atoms with Gasteiger partial charge in [0.2, 0.25) is 0 Å². The molecule has 4 rings (SSSR count). The molecule has 13 nitrogen and oxygen atoms in total. The van der Waals surface area contributed by atoms with Crippen LogP contribution in [0.5, 0.6) is 0 Å². The summed E-state index contributed by atoms with van der Waals surface area (Å²) >= 11 is 5.13. The number of nitro benzene ring substituents is 1. The Morgan fingerprint density at radius 2 is 1.41 bits per heavy atom. The quantitative estimate of drug-likeness (QED) is 0.104. The molecule has 4 aromatic carbocycles. The number of nitro groups is 1. The van der Waals surface area contributed by atoms with Crippen molar-refractivity contribution in [2.24, 2.45) is 0 Å². The molecular weight excluding hydrogens is 635 g/mol. The monoisotopic (exact) mass is 661 g/mol. The summed E-state index contributed by atoms with van der Waals surface area (Å²) in [5.41, 5.74) is 1.69. The molecule has 0 bridgehead atoms. The van der Waals surface area contributed by atoms with Crippen molar-refractivity contribution in [1.82, 2.24) is 15.4 Å². The summed E-state index contributed by atoms with van der Waals surface area (Å²) in [6, 6.07) is 26.4. The Morgan fingerprint density at radius 3 is 2.00 bits per heavy atom. The molecule has 0 radical (unpaired) electrons. The minimum absolute atomic E-state index is 0.00543. The average molecular weight is 662 g/mol. The zero-order chi connectivity index (χ0) is 33.1. The summed E-state index contributed by atoms with van der Waals surface area (Å²) in [5, 5.41) is 18.3. The van der Waals surface area contributed by atoms with Crippen LogP contribution in [-0.2, 0) is 32.6 Å². The number of nitrogens with one attached hydrogen (secondary N) is 4. The highest BCUT2D eigenvalue weighted by Crippen LogP contribution is 2.16. The van der Waals surface area contributed by atoms with Crippen molar-refractivity contribution >= 4 is 56.6 Å². The van der Waals surface area contributed by atoms with E-state index in [4.69, 9.17) is 17.0 Å². The summed E-state index contributed by atoms with van der Waals surface area (Å²) < 4.78 is 33.4. The fraction of sp³-hybridized carbons (Fsp3) is 0.0968. The van der Waals surface area contributed by atoms with E-state index in [1.807, 2.05) is 10.8 Å². The van der Waals surface area contributed by atoms with Gasteiger partial charge in [-0.25, -0.2) is 17.9 Å². The molecule has 0 heterocycles. The third-order valence-corrected chi connectivity index (χ3v) is 7.90. The number of amides is 3. The highest BCUT2D eigenvalue weighted by molar-refractivity contribution is 7.90. The molecule has 0 unspecified atom stereocenters. The van der Waals surface area contributed by atoms with E-state index in [-0.39, 0.29) is 34.3 Å². The number of sulfonamides is 1. The van der Waals surface area contributed by atoms with Crippen LogP contribution >= 0.6 is 12.2 Å². The Balaban J connectivity index is 1.37. The number of alkyl carbamates (subject to hydrolysis) is 1. The van der Waals surface area contributed by atoms with Gasteiger partial charge in [-0.2, -0.15) is 0 Å². The Hall–Kier alpha value is -5.67. The molecule has 3 amide bonds. The molecule has 0 aliphatic carbocycles. The highest BCUT2D eigenvalue weighted by Gasteiger charge is 2.27. The number of nitrogens with zero attached hydrogens (tertiary/aromatic N) is 1. The van der Waals surface area contributed by atoms with Gasteiger partial charge < -0.3 is 15.4 Å². The minimum Gasteiger partial charge on any atom is -0.445 e. The van der Waals surface area contributed by atoms with Gasteiger partial charge in [-0.1, -0.05) is 60.7 Å². The molecule has 0 fully saturated rings. The number of carbonyl (C=O) groups excluding carboxylic acids is 3. The molecule has 0 saturated carbocycles. The van der Waals surface area contributed by atoms with Gasteiger partial charge in [0.15, 0.2) is 5.11 Å². The smallest absolute Gasteiger partial charge is 0.408 e. The van der Waals surface area contributed by atoms with Crippen molar-refractivity contribution in [3.05, 3.63) is 136 Å². The fourth-order valence-electron chi connectivity index (χ4n) is 4.02. The molecular formula is C31H27N5O8S2. The fourth-order valence-corrected chi connectivity index (χ4v) is 5.25. The lowest BCUT2D eigenvalue weighted by Crippen LogP contribution is -2.49. The third kappa shape index (κ3) is 9.67. The van der Waals surface area contributed by atoms with Crippen LogP contribution in [0.2, 0.25) is 0 Å². The maximum absolute atomic E-state index is 13.2. The second-order valence-corrected chi connectivity index (χ2v) is 11.7. The Morgan fingerprint density at radius 1 is 0.826 bits per heavy atom. The molecule has 46 heavy (non-hydrogen) atoms. The van der Waals surface area contributed by atoms with Gasteiger partial charge in [-0.05, 0) is 59.7 Å². The van der Waals surface area contributed by atoms with Crippen molar-refractivity contribution in [3.8, 4) is 0 Å². The highest BCUT2D eigenvalue weighted by atomic mass is 32.2. The predicted octanol–water partition coefficient (Wildman–Crippen LogP) is 4.06. The largest absolute Gasteiger partial charge is 0.445 e. The molecule has 236 valence electrons. The number of thiocarbonyl (C=S) groups is 1. The van der Waals surface area contributed by atoms with Crippen LogP contribution in [0.4, 0.5) is 16.2 Å². The standard InChI is InChI=1S/C31H27N5O8S2/c37-28(23-11-15-25(16-12-23)36(40)41)34-30(45)32-24-13-17-26(18-14-24)46(42,43)35-29(38)27(19-21-7-3-1-4-8-21)33-31(39)44-20-22-9-5-2-6-10-22/h1-18,27H,19-20H2,(H,33,39)(H,35,38)(H2,32,34,37,45)/t27-/m0/s1. The first-order valence-electron chi connectivity index (χ1n) is 13.5. The number of non-ortho nitro benzene ring substituents is 1. The van der Waals surface area contributed by atoms with E-state index in [1.165, 1.54) is 48.5 Å². The number of carbonyl (C=O) groups is 3. The van der Waals surface area contributed by atoms with Crippen LogP contribution < -0.4 is 20.7 Å². The van der Waals surface area contributed by atoms with E-state index in [0.717, 1.165) is 5.56 Å². The van der Waals surface area contributed by atoms with E-state index < -0.39 is 38.9 Å². The molecule has 0 aromatic heterocycles. The normalized spacial score (nSPS) is 11.4. The Bertz CT molecular complexity index is 1820. The first kappa shape index (κ1) is 33.2. The summed E-state index contributed by atoms with van der Waals surface area (Å²) in [6.45, 7) is -0.0464. The van der Waals surface area contributed by atoms with Crippen molar-refractivity contribution in [1.29, 1.82) is 0 Å². The van der Waals surface area contributed by atoms with Crippen molar-refractivity contribution in [3.63, 3.8) is 0 Å². The van der Waals surface area contributed by atoms with E-state index >= 15 is 0 Å². The Labute approximate surface area is 269 Å². The third-order valence-electron chi connectivity index (χ3n) is 6.33. The molecule has 4 N–H and O–H groups in total. The predicted molar refractivity (Wildman–Crippen MR) is 172 cm³/mol. The summed E-state index contributed by atoms with van der Waals surface area (Å²) in [7, 11) is -4.37. The van der Waals surface area contributed by atoms with Gasteiger partial charge in [0.25, 0.3) is 27.5 Å². The summed E-state index contributed by atoms with van der Waals surface area (Å²) in [4.78, 5) is 48.0. The molecule has 1 atom stereocenters. The van der Waals surface area contributed by atoms with Gasteiger partial charge >= 0.3 is 6.09 Å². The van der Waals surface area contributed by atoms with Gasteiger partial charge in [0.1, 0.15) is 12.6 Å². The van der Waals surface area contributed by atoms with Crippen molar-refractivity contribution < 1.29 is 32.5 Å². The van der Waals surface area contributed by atoms with Gasteiger partial charge in [-0.3, -0.25) is 25.0 Å². The van der Waals surface area contributed by atoms with Gasteiger partial charge in [-0.15, -0.1) is 0 Å². The average Bonchev–Trinajstić information content (AvgIpc) is 3.04. The zero-order valence-corrected chi connectivity index (χ0v) is 25.5. The van der Waals surface area contributed by atoms with Crippen molar-refractivity contribution in [2.75, 3.05) is 5.32 Å². The van der Waals surface area contributed by atoms with E-state index in [1.54, 1.807) is 54.6 Å². The zero-order valence-electron chi connectivity index (χ0n) is 23.9. The number of ether oxygens (including phenoxy) is 1. The van der Waals surface area contributed by atoms with E-state index in [2.05, 4.69) is 16.0 Å². The number of benzene rings is 4. The Kier molecular flexibility index (Phi) is 11.1. The SMILES string of the molecule is O=C(N[C@@H](Cc1ccccc1)C(=O)NS(=O)(=O)c1ccc(NC(=S)NC(=O)c2ccc([N+](=O)[O-])cc2)cc1)OCc1ccccc1. The maximum Gasteiger partial charge on any atom is 0.408 e. The molecule has 0 aliphatic heterocycles. The van der Waals surface area contributed by atoms with Crippen LogP contribution in [0, 0.1) is 10.1 Å². The van der Waals surface area contributed by atoms with Crippen LogP contribution in [0.1, 0.15) is 21.5 Å². The van der Waals surface area contributed by atoms with Gasteiger partial charge in [0, 0.05) is 29.8 Å². The molecule has 0 saturated heterocycles. The molecule has 4 aromatic rings. The van der Waals surface area contributed by atoms with E-state index in [9.17, 15) is 32.9 Å². The number of rotatable bonds is 11. The second-order valence-electron chi connectivity index (χ2n) is 9.65. The number of hydrogen-bond donors (Lipinski definition) is 4. The minimum atomic E-state index is -4.37. The van der Waals surface area contributed by atoms with Crippen LogP contribution in [0.3, 0.4) is 0 Å². The lowest BCUT2D eigenvalue weighted by Gasteiger charge is -2.19. The molecule has 15 heteroatoms. The van der Waals surface area contributed by atoms with Crippen LogP contribution in [0.15, 0.2) is 114 Å². The molecule has 0 aliphatic rings. The number of hydrogen-bond acceptors (Lipinski definition) is 9. The first-order chi connectivity index (χ1) is 22.0.